The van der Waals surface area contributed by atoms with Crippen molar-refractivity contribution in [3.63, 3.8) is 0 Å². The molecule has 21 heavy (non-hydrogen) atoms. The van der Waals surface area contributed by atoms with Crippen molar-refractivity contribution < 1.29 is 13.2 Å². The van der Waals surface area contributed by atoms with Gasteiger partial charge in [-0.2, -0.15) is 0 Å². The van der Waals surface area contributed by atoms with Gasteiger partial charge >= 0.3 is 0 Å². The maximum Gasteiger partial charge on any atom is 0.188 e. The molecule has 0 spiro atoms. The number of aryl methyl sites for hydroxylation is 2. The first-order chi connectivity index (χ1) is 9.84. The highest BCUT2D eigenvalue weighted by atomic mass is 32.2. The van der Waals surface area contributed by atoms with E-state index in [4.69, 9.17) is 0 Å². The highest BCUT2D eigenvalue weighted by Gasteiger charge is 2.31. The second kappa shape index (κ2) is 5.82. The van der Waals surface area contributed by atoms with Crippen LogP contribution in [0.25, 0.3) is 0 Å². The average molecular weight is 302 g/mol. The SMILES string of the molecule is Cc1ccc(S(=O)(=O)C(C)C(=O)c2ccccc2)c(C)c1. The third-order valence-corrected chi connectivity index (χ3v) is 5.75. The van der Waals surface area contributed by atoms with Gasteiger partial charge in [-0.25, -0.2) is 8.42 Å². The van der Waals surface area contributed by atoms with Gasteiger partial charge in [-0.05, 0) is 32.4 Å². The van der Waals surface area contributed by atoms with Crippen LogP contribution < -0.4 is 0 Å². The van der Waals surface area contributed by atoms with Crippen molar-refractivity contribution in [3.8, 4) is 0 Å². The summed E-state index contributed by atoms with van der Waals surface area (Å²) in [5, 5.41) is -1.10. The summed E-state index contributed by atoms with van der Waals surface area (Å²) in [5.74, 6) is -0.379. The summed E-state index contributed by atoms with van der Waals surface area (Å²) in [6.45, 7) is 5.10. The van der Waals surface area contributed by atoms with Crippen LogP contribution in [0.15, 0.2) is 53.4 Å². The molecule has 2 aromatic rings. The van der Waals surface area contributed by atoms with Crippen molar-refractivity contribution in [2.75, 3.05) is 0 Å². The van der Waals surface area contributed by atoms with Gasteiger partial charge in [0, 0.05) is 5.56 Å². The van der Waals surface area contributed by atoms with Crippen LogP contribution in [-0.2, 0) is 9.84 Å². The lowest BCUT2D eigenvalue weighted by Crippen LogP contribution is -2.28. The molecule has 0 heterocycles. The Balaban J connectivity index is 2.42. The number of carbonyl (C=O) groups excluding carboxylic acids is 1. The Bertz CT molecular complexity index is 762. The first-order valence-corrected chi connectivity index (χ1v) is 8.29. The zero-order chi connectivity index (χ0) is 15.6. The van der Waals surface area contributed by atoms with Gasteiger partial charge in [0.1, 0.15) is 5.25 Å². The molecule has 4 heteroatoms. The lowest BCUT2D eigenvalue weighted by molar-refractivity contribution is 0.0991. The van der Waals surface area contributed by atoms with E-state index in [1.165, 1.54) is 6.92 Å². The van der Waals surface area contributed by atoms with Gasteiger partial charge in [-0.1, -0.05) is 48.0 Å². The Hall–Kier alpha value is -1.94. The third-order valence-electron chi connectivity index (χ3n) is 3.53. The number of sulfone groups is 1. The summed E-state index contributed by atoms with van der Waals surface area (Å²) in [7, 11) is -3.68. The third kappa shape index (κ3) is 3.05. The van der Waals surface area contributed by atoms with Crippen LogP contribution in [0.2, 0.25) is 0 Å². The van der Waals surface area contributed by atoms with E-state index in [1.54, 1.807) is 49.4 Å². The van der Waals surface area contributed by atoms with Crippen LogP contribution in [0.5, 0.6) is 0 Å². The first kappa shape index (κ1) is 15.4. The van der Waals surface area contributed by atoms with Gasteiger partial charge in [0.05, 0.1) is 4.90 Å². The van der Waals surface area contributed by atoms with E-state index in [0.29, 0.717) is 11.1 Å². The molecule has 0 aliphatic rings. The van der Waals surface area contributed by atoms with Crippen molar-refractivity contribution >= 4 is 15.6 Å². The van der Waals surface area contributed by atoms with Gasteiger partial charge in [0.2, 0.25) is 0 Å². The molecular weight excluding hydrogens is 284 g/mol. The Morgan fingerprint density at radius 3 is 2.19 bits per heavy atom. The summed E-state index contributed by atoms with van der Waals surface area (Å²) in [4.78, 5) is 12.6. The average Bonchev–Trinajstić information content (AvgIpc) is 2.46. The van der Waals surface area contributed by atoms with Crippen LogP contribution in [0.1, 0.15) is 28.4 Å². The summed E-state index contributed by atoms with van der Waals surface area (Å²) in [6.07, 6.45) is 0. The van der Waals surface area contributed by atoms with Crippen LogP contribution in [0, 0.1) is 13.8 Å². The Morgan fingerprint density at radius 2 is 1.62 bits per heavy atom. The van der Waals surface area contributed by atoms with E-state index in [1.807, 2.05) is 13.0 Å². The fraction of sp³-hybridized carbons (Fsp3) is 0.235. The molecule has 0 aliphatic carbocycles. The zero-order valence-corrected chi connectivity index (χ0v) is 13.1. The molecule has 0 radical (unpaired) electrons. The second-order valence-corrected chi connectivity index (χ2v) is 7.42. The van der Waals surface area contributed by atoms with E-state index in [2.05, 4.69) is 0 Å². The molecule has 2 aromatic carbocycles. The van der Waals surface area contributed by atoms with E-state index in [9.17, 15) is 13.2 Å². The number of carbonyl (C=O) groups is 1. The predicted octanol–water partition coefficient (Wildman–Crippen LogP) is 3.35. The number of rotatable bonds is 4. The van der Waals surface area contributed by atoms with Crippen molar-refractivity contribution in [1.82, 2.24) is 0 Å². The minimum absolute atomic E-state index is 0.227. The van der Waals surface area contributed by atoms with Gasteiger partial charge < -0.3 is 0 Å². The van der Waals surface area contributed by atoms with E-state index < -0.39 is 15.1 Å². The standard InChI is InChI=1S/C17H18O3S/c1-12-9-10-16(13(2)11-12)21(19,20)14(3)17(18)15-7-5-4-6-8-15/h4-11,14H,1-3H3. The molecule has 0 saturated carbocycles. The van der Waals surface area contributed by atoms with Crippen LogP contribution >= 0.6 is 0 Å². The smallest absolute Gasteiger partial charge is 0.188 e. The minimum atomic E-state index is -3.68. The maximum atomic E-state index is 12.7. The summed E-state index contributed by atoms with van der Waals surface area (Å²) in [5.41, 5.74) is 2.08. The van der Waals surface area contributed by atoms with Crippen LogP contribution in [-0.4, -0.2) is 19.5 Å². The molecule has 1 atom stereocenters. The fourth-order valence-electron chi connectivity index (χ4n) is 2.29. The summed E-state index contributed by atoms with van der Waals surface area (Å²) in [6, 6.07) is 13.7. The largest absolute Gasteiger partial charge is 0.293 e. The minimum Gasteiger partial charge on any atom is -0.293 e. The van der Waals surface area contributed by atoms with Crippen molar-refractivity contribution in [3.05, 3.63) is 65.2 Å². The second-order valence-electron chi connectivity index (χ2n) is 5.19. The molecule has 0 aromatic heterocycles. The number of benzene rings is 2. The topological polar surface area (TPSA) is 51.2 Å². The first-order valence-electron chi connectivity index (χ1n) is 6.74. The van der Waals surface area contributed by atoms with Gasteiger partial charge in [-0.15, -0.1) is 0 Å². The summed E-state index contributed by atoms with van der Waals surface area (Å²) >= 11 is 0. The molecular formula is C17H18O3S. The molecule has 0 fully saturated rings. The van der Waals surface area contributed by atoms with Crippen molar-refractivity contribution in [1.29, 1.82) is 0 Å². The number of hydrogen-bond acceptors (Lipinski definition) is 3. The zero-order valence-electron chi connectivity index (χ0n) is 12.3. The van der Waals surface area contributed by atoms with Crippen LogP contribution in [0.3, 0.4) is 0 Å². The lowest BCUT2D eigenvalue weighted by Gasteiger charge is -2.14. The number of ketones is 1. The van der Waals surface area contributed by atoms with Crippen molar-refractivity contribution in [2.24, 2.45) is 0 Å². The number of hydrogen-bond donors (Lipinski definition) is 0. The Labute approximate surface area is 125 Å². The summed E-state index contributed by atoms with van der Waals surface area (Å²) < 4.78 is 25.3. The highest BCUT2D eigenvalue weighted by Crippen LogP contribution is 2.23. The fourth-order valence-corrected chi connectivity index (χ4v) is 3.85. The molecule has 0 bridgehead atoms. The number of Topliss-reactive ketones (excluding diaryl/α,β-unsaturated/α-hetero) is 1. The Kier molecular flexibility index (Phi) is 4.28. The molecule has 0 aliphatic heterocycles. The molecule has 2 rings (SSSR count). The van der Waals surface area contributed by atoms with Crippen molar-refractivity contribution in [2.45, 2.75) is 30.9 Å². The van der Waals surface area contributed by atoms with E-state index in [-0.39, 0.29) is 10.7 Å². The molecule has 3 nitrogen and oxygen atoms in total. The molecule has 1 unspecified atom stereocenters. The maximum absolute atomic E-state index is 12.7. The van der Waals surface area contributed by atoms with Gasteiger partial charge in [-0.3, -0.25) is 4.79 Å². The molecule has 0 N–H and O–H groups in total. The highest BCUT2D eigenvalue weighted by molar-refractivity contribution is 7.92. The quantitative estimate of drug-likeness (QED) is 0.814. The van der Waals surface area contributed by atoms with Crippen LogP contribution in [0.4, 0.5) is 0 Å². The van der Waals surface area contributed by atoms with E-state index >= 15 is 0 Å². The molecule has 0 amide bonds. The molecule has 110 valence electrons. The lowest BCUT2D eigenvalue weighted by atomic mass is 10.1. The predicted molar refractivity (Wildman–Crippen MR) is 83.3 cm³/mol. The van der Waals surface area contributed by atoms with E-state index in [0.717, 1.165) is 5.56 Å². The van der Waals surface area contributed by atoms with Gasteiger partial charge in [0.15, 0.2) is 15.6 Å². The normalized spacial score (nSPS) is 12.9. The monoisotopic (exact) mass is 302 g/mol. The Morgan fingerprint density at radius 1 is 1.00 bits per heavy atom. The molecule has 0 saturated heterocycles. The van der Waals surface area contributed by atoms with Gasteiger partial charge in [0.25, 0.3) is 0 Å².